The highest BCUT2D eigenvalue weighted by molar-refractivity contribution is 6.30. The number of carbonyl (C=O) groups is 2. The lowest BCUT2D eigenvalue weighted by Crippen LogP contribution is -2.60. The Labute approximate surface area is 235 Å². The first kappa shape index (κ1) is 27.9. The van der Waals surface area contributed by atoms with Crippen LogP contribution in [0, 0.1) is 5.92 Å². The lowest BCUT2D eigenvalue weighted by atomic mass is 9.81. The molecule has 5 rings (SSSR count). The van der Waals surface area contributed by atoms with Crippen molar-refractivity contribution in [3.8, 4) is 0 Å². The van der Waals surface area contributed by atoms with Gasteiger partial charge in [0.2, 0.25) is 0 Å². The van der Waals surface area contributed by atoms with E-state index in [-0.39, 0.29) is 10.4 Å². The van der Waals surface area contributed by atoms with Crippen LogP contribution >= 0.6 is 11.6 Å². The number of alkyl halides is 3. The van der Waals surface area contributed by atoms with Crippen molar-refractivity contribution in [2.24, 2.45) is 5.92 Å². The van der Waals surface area contributed by atoms with Gasteiger partial charge in [-0.3, -0.25) is 4.79 Å². The van der Waals surface area contributed by atoms with Gasteiger partial charge in [0, 0.05) is 34.2 Å². The van der Waals surface area contributed by atoms with E-state index in [0.717, 1.165) is 66.7 Å². The number of halogens is 4. The Balaban J connectivity index is 1.64. The Morgan fingerprint density at radius 1 is 1.00 bits per heavy atom. The summed E-state index contributed by atoms with van der Waals surface area (Å²) in [6.45, 7) is 0. The van der Waals surface area contributed by atoms with Gasteiger partial charge in [0.15, 0.2) is 6.04 Å². The van der Waals surface area contributed by atoms with Crippen LogP contribution in [-0.4, -0.2) is 30.1 Å². The molecule has 0 radical (unpaired) electrons. The van der Waals surface area contributed by atoms with Gasteiger partial charge in [0.05, 0.1) is 23.9 Å². The highest BCUT2D eigenvalue weighted by atomic mass is 35.5. The first-order valence-electron chi connectivity index (χ1n) is 13.2. The Morgan fingerprint density at radius 2 is 1.68 bits per heavy atom. The van der Waals surface area contributed by atoms with Crippen molar-refractivity contribution in [2.45, 2.75) is 44.3 Å². The summed E-state index contributed by atoms with van der Waals surface area (Å²) in [5.41, 5.74) is 1.37. The van der Waals surface area contributed by atoms with E-state index in [2.05, 4.69) is 5.32 Å². The number of para-hydroxylation sites is 1. The number of hydrogen-bond acceptors (Lipinski definition) is 2. The van der Waals surface area contributed by atoms with Crippen LogP contribution in [0.4, 0.5) is 24.5 Å². The van der Waals surface area contributed by atoms with Crippen LogP contribution in [0.3, 0.4) is 0 Å². The number of likely N-dealkylation sites (N-methyl/N-ethyl adjacent to an activating group) is 1. The molecule has 2 atom stereocenters. The van der Waals surface area contributed by atoms with E-state index in [4.69, 9.17) is 11.6 Å². The van der Waals surface area contributed by atoms with E-state index >= 15 is 0 Å². The Bertz CT molecular complexity index is 1480. The summed E-state index contributed by atoms with van der Waals surface area (Å²) >= 11 is 6.17. The minimum Gasteiger partial charge on any atom is -0.478 e. The fourth-order valence-electron chi connectivity index (χ4n) is 6.26. The predicted molar refractivity (Wildman–Crippen MR) is 151 cm³/mol. The molecule has 0 spiro atoms. The lowest BCUT2D eigenvalue weighted by Gasteiger charge is -2.43. The number of rotatable bonds is 6. The molecular weight excluding hydrogens is 541 g/mol. The monoisotopic (exact) mass is 569 g/mol. The molecule has 40 heavy (non-hydrogen) atoms. The van der Waals surface area contributed by atoms with Crippen molar-refractivity contribution >= 4 is 46.6 Å². The smallest absolute Gasteiger partial charge is 0.418 e. The predicted octanol–water partition coefficient (Wildman–Crippen LogP) is 8.09. The number of hydrogen-bond donors (Lipinski definition) is 2. The summed E-state index contributed by atoms with van der Waals surface area (Å²) in [6, 6.07) is 17.0. The van der Waals surface area contributed by atoms with Crippen LogP contribution in [0.15, 0.2) is 66.7 Å². The number of nitrogens with zero attached hydrogens (tertiary/aromatic N) is 1. The molecule has 208 valence electrons. The SMILES string of the molecule is C[N+]1(C(C(=O)Nc2ccc(C(=O)O)cc2C(F)(F)F)C2CCCCC2)C(c2ccc(Cl)cc2)=Cc2ccccc21. The third-order valence-corrected chi connectivity index (χ3v) is 8.37. The summed E-state index contributed by atoms with van der Waals surface area (Å²) in [5.74, 6) is -2.11. The Hall–Kier alpha value is -3.62. The molecule has 2 unspecified atom stereocenters. The summed E-state index contributed by atoms with van der Waals surface area (Å²) in [4.78, 5) is 25.7. The molecule has 1 saturated carbocycles. The maximum atomic E-state index is 14.3. The van der Waals surface area contributed by atoms with Crippen LogP contribution < -0.4 is 9.80 Å². The maximum absolute atomic E-state index is 14.3. The summed E-state index contributed by atoms with van der Waals surface area (Å²) in [6.07, 6.45) is 1.61. The molecule has 0 saturated heterocycles. The van der Waals surface area contributed by atoms with E-state index in [1.54, 1.807) is 12.1 Å². The number of nitrogens with one attached hydrogen (secondary N) is 1. The molecule has 2 N–H and O–H groups in total. The molecule has 2 aliphatic rings. The number of carboxylic acids is 1. The second kappa shape index (κ2) is 10.7. The third-order valence-electron chi connectivity index (χ3n) is 8.12. The van der Waals surface area contributed by atoms with Gasteiger partial charge in [-0.2, -0.15) is 13.2 Å². The third kappa shape index (κ3) is 5.13. The van der Waals surface area contributed by atoms with Crippen LogP contribution in [-0.2, 0) is 11.0 Å². The zero-order chi connectivity index (χ0) is 28.7. The highest BCUT2D eigenvalue weighted by Crippen LogP contribution is 2.49. The molecule has 3 aromatic rings. The zero-order valence-electron chi connectivity index (χ0n) is 21.8. The molecule has 1 aliphatic heterocycles. The second-order valence-electron chi connectivity index (χ2n) is 10.6. The fraction of sp³-hybridized carbons (Fsp3) is 0.290. The normalized spacial score (nSPS) is 20.0. The molecule has 1 aliphatic carbocycles. The first-order valence-corrected chi connectivity index (χ1v) is 13.6. The van der Waals surface area contributed by atoms with Gasteiger partial charge in [0.25, 0.3) is 5.91 Å². The Kier molecular flexibility index (Phi) is 7.50. The van der Waals surface area contributed by atoms with E-state index in [0.29, 0.717) is 11.1 Å². The number of quaternary nitrogens is 1. The van der Waals surface area contributed by atoms with Crippen molar-refractivity contribution in [3.05, 3.63) is 94.0 Å². The van der Waals surface area contributed by atoms with Crippen LogP contribution in [0.5, 0.6) is 0 Å². The lowest BCUT2D eigenvalue weighted by molar-refractivity contribution is -0.137. The second-order valence-corrected chi connectivity index (χ2v) is 11.0. The number of carboxylic acid groups (broad SMARTS) is 1. The maximum Gasteiger partial charge on any atom is 0.418 e. The standard InChI is InChI=1S/C31H28ClF3N2O3/c1-37(26-10-6-5-9-21(26)18-27(37)19-11-14-23(32)15-12-19)28(20-7-3-2-4-8-20)29(38)36-25-16-13-22(30(39)40)17-24(25)31(33,34)35/h5-6,9-18,20,28H,2-4,7-8H2,1H3,(H-,36,38,39,40)/p+1. The van der Waals surface area contributed by atoms with Crippen molar-refractivity contribution in [3.63, 3.8) is 0 Å². The van der Waals surface area contributed by atoms with Gasteiger partial charge in [-0.05, 0) is 61.4 Å². The molecule has 5 nitrogen and oxygen atoms in total. The molecule has 0 bridgehead atoms. The summed E-state index contributed by atoms with van der Waals surface area (Å²) < 4.78 is 42.1. The largest absolute Gasteiger partial charge is 0.478 e. The topological polar surface area (TPSA) is 66.4 Å². The number of amides is 1. The summed E-state index contributed by atoms with van der Waals surface area (Å²) in [5, 5.41) is 12.4. The number of carbonyl (C=O) groups excluding carboxylic acids is 1. The number of aromatic carboxylic acids is 1. The van der Waals surface area contributed by atoms with E-state index in [1.807, 2.05) is 49.5 Å². The van der Waals surface area contributed by atoms with Crippen molar-refractivity contribution in [2.75, 3.05) is 12.4 Å². The van der Waals surface area contributed by atoms with Crippen molar-refractivity contribution < 1.29 is 27.9 Å². The summed E-state index contributed by atoms with van der Waals surface area (Å²) in [7, 11) is 1.95. The van der Waals surface area contributed by atoms with E-state index in [9.17, 15) is 27.9 Å². The number of benzene rings is 3. The average Bonchev–Trinajstić information content (AvgIpc) is 3.22. The Morgan fingerprint density at radius 3 is 2.33 bits per heavy atom. The van der Waals surface area contributed by atoms with E-state index in [1.165, 1.54) is 0 Å². The fourth-order valence-corrected chi connectivity index (χ4v) is 6.39. The minimum atomic E-state index is -4.86. The quantitative estimate of drug-likeness (QED) is 0.295. The molecule has 3 aromatic carbocycles. The van der Waals surface area contributed by atoms with Crippen molar-refractivity contribution in [1.82, 2.24) is 4.48 Å². The molecule has 0 aromatic heterocycles. The molecule has 9 heteroatoms. The average molecular weight is 570 g/mol. The van der Waals surface area contributed by atoms with Crippen LogP contribution in [0.1, 0.15) is 59.2 Å². The zero-order valence-corrected chi connectivity index (χ0v) is 22.6. The van der Waals surface area contributed by atoms with Crippen molar-refractivity contribution in [1.29, 1.82) is 0 Å². The van der Waals surface area contributed by atoms with E-state index < -0.39 is 40.9 Å². The van der Waals surface area contributed by atoms with Gasteiger partial charge in [0.1, 0.15) is 11.4 Å². The van der Waals surface area contributed by atoms with Gasteiger partial charge in [-0.1, -0.05) is 43.0 Å². The van der Waals surface area contributed by atoms with Crippen LogP contribution in [0.2, 0.25) is 5.02 Å². The number of anilines is 1. The van der Waals surface area contributed by atoms with Gasteiger partial charge >= 0.3 is 12.1 Å². The molecule has 1 heterocycles. The van der Waals surface area contributed by atoms with Gasteiger partial charge in [-0.15, -0.1) is 0 Å². The molecular formula is C31H29ClF3N2O3+. The minimum absolute atomic E-state index is 0.0862. The molecule has 1 fully saturated rings. The highest BCUT2D eigenvalue weighted by Gasteiger charge is 2.52. The first-order chi connectivity index (χ1) is 19.0. The number of fused-ring (bicyclic) bond motifs is 1. The van der Waals surface area contributed by atoms with Gasteiger partial charge < -0.3 is 10.4 Å². The van der Waals surface area contributed by atoms with Crippen LogP contribution in [0.25, 0.3) is 11.8 Å². The van der Waals surface area contributed by atoms with Gasteiger partial charge in [-0.25, -0.2) is 9.28 Å². The molecule has 1 amide bonds.